The lowest BCUT2D eigenvalue weighted by atomic mass is 10.0. The number of nitrogens with two attached hydrogens (primary N) is 1. The number of rotatable bonds is 3. The molecule has 0 radical (unpaired) electrons. The van der Waals surface area contributed by atoms with Gasteiger partial charge in [-0.3, -0.25) is 0 Å². The summed E-state index contributed by atoms with van der Waals surface area (Å²) in [6.07, 6.45) is 5.01. The number of thiazole rings is 1. The van der Waals surface area contributed by atoms with Gasteiger partial charge in [0.2, 0.25) is 0 Å². The average molecular weight is 225 g/mol. The van der Waals surface area contributed by atoms with Crippen LogP contribution in [0.15, 0.2) is 0 Å². The molecule has 3 nitrogen and oxygen atoms in total. The van der Waals surface area contributed by atoms with Crippen LogP contribution < -0.4 is 10.6 Å². The molecule has 0 bridgehead atoms. The van der Waals surface area contributed by atoms with Gasteiger partial charge in [-0.25, -0.2) is 4.98 Å². The van der Waals surface area contributed by atoms with Crippen molar-refractivity contribution in [1.29, 1.82) is 0 Å². The fourth-order valence-electron chi connectivity index (χ4n) is 2.01. The first-order valence-electron chi connectivity index (χ1n) is 5.62. The Labute approximate surface area is 95.3 Å². The van der Waals surface area contributed by atoms with Gasteiger partial charge in [0.15, 0.2) is 5.13 Å². The summed E-state index contributed by atoms with van der Waals surface area (Å²) in [7, 11) is 2.08. The van der Waals surface area contributed by atoms with Gasteiger partial charge in [-0.05, 0) is 32.6 Å². The number of aromatic nitrogens is 1. The van der Waals surface area contributed by atoms with Gasteiger partial charge < -0.3 is 10.6 Å². The summed E-state index contributed by atoms with van der Waals surface area (Å²) >= 11 is 1.84. The number of aryl methyl sites for hydroxylation is 2. The number of hydrogen-bond donors (Lipinski definition) is 1. The van der Waals surface area contributed by atoms with Gasteiger partial charge in [0.1, 0.15) is 0 Å². The Morgan fingerprint density at radius 3 is 2.87 bits per heavy atom. The Kier molecular flexibility index (Phi) is 3.26. The minimum atomic E-state index is 0.205. The van der Waals surface area contributed by atoms with E-state index in [1.54, 1.807) is 0 Å². The molecule has 0 aromatic carbocycles. The van der Waals surface area contributed by atoms with Crippen LogP contribution in [0, 0.1) is 0 Å². The summed E-state index contributed by atoms with van der Waals surface area (Å²) < 4.78 is 0. The van der Waals surface area contributed by atoms with Crippen molar-refractivity contribution < 1.29 is 0 Å². The van der Waals surface area contributed by atoms with Crippen LogP contribution in [0.4, 0.5) is 5.13 Å². The highest BCUT2D eigenvalue weighted by Gasteiger charge is 2.17. The summed E-state index contributed by atoms with van der Waals surface area (Å²) in [6.45, 7) is 2.91. The average Bonchev–Trinajstić information content (AvgIpc) is 2.59. The summed E-state index contributed by atoms with van der Waals surface area (Å²) in [6, 6.07) is 0.205. The zero-order valence-electron chi connectivity index (χ0n) is 9.49. The quantitative estimate of drug-likeness (QED) is 0.853. The van der Waals surface area contributed by atoms with Crippen LogP contribution in [0.1, 0.15) is 30.3 Å². The maximum atomic E-state index is 5.79. The van der Waals surface area contributed by atoms with Crippen molar-refractivity contribution in [2.75, 3.05) is 18.5 Å². The highest BCUT2D eigenvalue weighted by Crippen LogP contribution is 2.31. The van der Waals surface area contributed by atoms with E-state index in [0.29, 0.717) is 0 Å². The SMILES string of the molecule is CC(N)CN(C)c1nc2c(s1)CCCC2. The molecule has 0 fully saturated rings. The van der Waals surface area contributed by atoms with E-state index in [0.717, 1.165) is 18.1 Å². The third-order valence-electron chi connectivity index (χ3n) is 2.72. The van der Waals surface area contributed by atoms with Gasteiger partial charge >= 0.3 is 0 Å². The van der Waals surface area contributed by atoms with Crippen molar-refractivity contribution in [3.8, 4) is 0 Å². The Bertz CT molecular complexity index is 309. The van der Waals surface area contributed by atoms with Gasteiger partial charge in [-0.15, -0.1) is 11.3 Å². The van der Waals surface area contributed by atoms with E-state index >= 15 is 0 Å². The maximum Gasteiger partial charge on any atom is 0.185 e. The second-order valence-corrected chi connectivity index (χ2v) is 5.49. The first-order valence-corrected chi connectivity index (χ1v) is 6.44. The second kappa shape index (κ2) is 4.49. The topological polar surface area (TPSA) is 42.1 Å². The molecular formula is C11H19N3S. The normalized spacial score (nSPS) is 17.3. The van der Waals surface area contributed by atoms with Gasteiger partial charge in [-0.2, -0.15) is 0 Å². The Hall–Kier alpha value is -0.610. The zero-order chi connectivity index (χ0) is 10.8. The molecule has 2 rings (SSSR count). The molecule has 0 amide bonds. The van der Waals surface area contributed by atoms with E-state index in [1.807, 2.05) is 18.3 Å². The van der Waals surface area contributed by atoms with Crippen LogP contribution in [0.3, 0.4) is 0 Å². The minimum absolute atomic E-state index is 0.205. The molecule has 1 aromatic rings. The first-order chi connectivity index (χ1) is 7.16. The molecule has 15 heavy (non-hydrogen) atoms. The largest absolute Gasteiger partial charge is 0.350 e. The van der Waals surface area contributed by atoms with Crippen molar-refractivity contribution >= 4 is 16.5 Å². The molecule has 1 unspecified atom stereocenters. The Morgan fingerprint density at radius 2 is 2.20 bits per heavy atom. The first kappa shape index (κ1) is 10.9. The smallest absolute Gasteiger partial charge is 0.185 e. The molecule has 84 valence electrons. The molecule has 0 spiro atoms. The van der Waals surface area contributed by atoms with E-state index in [1.165, 1.54) is 29.8 Å². The molecule has 0 saturated heterocycles. The monoisotopic (exact) mass is 225 g/mol. The number of likely N-dealkylation sites (N-methyl/N-ethyl adjacent to an activating group) is 1. The third-order valence-corrected chi connectivity index (χ3v) is 3.99. The van der Waals surface area contributed by atoms with Crippen LogP contribution in [-0.2, 0) is 12.8 Å². The molecule has 0 aliphatic heterocycles. The van der Waals surface area contributed by atoms with E-state index < -0.39 is 0 Å². The van der Waals surface area contributed by atoms with Crippen LogP contribution in [0.25, 0.3) is 0 Å². The Balaban J connectivity index is 2.11. The van der Waals surface area contributed by atoms with Gasteiger partial charge in [0, 0.05) is 24.5 Å². The van der Waals surface area contributed by atoms with Gasteiger partial charge in [0.05, 0.1) is 5.69 Å². The van der Waals surface area contributed by atoms with Crippen molar-refractivity contribution in [2.45, 2.75) is 38.6 Å². The lowest BCUT2D eigenvalue weighted by Gasteiger charge is -2.17. The maximum absolute atomic E-state index is 5.79. The van der Waals surface area contributed by atoms with Crippen LogP contribution >= 0.6 is 11.3 Å². The van der Waals surface area contributed by atoms with Crippen LogP contribution in [0.2, 0.25) is 0 Å². The predicted molar refractivity (Wildman–Crippen MR) is 65.7 cm³/mol. The van der Waals surface area contributed by atoms with E-state index in [2.05, 4.69) is 11.9 Å². The third kappa shape index (κ3) is 2.49. The number of anilines is 1. The van der Waals surface area contributed by atoms with Crippen molar-refractivity contribution in [1.82, 2.24) is 4.98 Å². The highest BCUT2D eigenvalue weighted by molar-refractivity contribution is 7.15. The molecule has 1 aliphatic rings. The molecule has 4 heteroatoms. The fourth-order valence-corrected chi connectivity index (χ4v) is 3.13. The van der Waals surface area contributed by atoms with E-state index in [-0.39, 0.29) is 6.04 Å². The van der Waals surface area contributed by atoms with E-state index in [4.69, 9.17) is 10.7 Å². The molecular weight excluding hydrogens is 206 g/mol. The van der Waals surface area contributed by atoms with E-state index in [9.17, 15) is 0 Å². The zero-order valence-corrected chi connectivity index (χ0v) is 10.3. The Morgan fingerprint density at radius 1 is 1.47 bits per heavy atom. The van der Waals surface area contributed by atoms with Crippen LogP contribution in [0.5, 0.6) is 0 Å². The number of fused-ring (bicyclic) bond motifs is 1. The summed E-state index contributed by atoms with van der Waals surface area (Å²) in [4.78, 5) is 8.36. The van der Waals surface area contributed by atoms with Crippen molar-refractivity contribution in [3.05, 3.63) is 10.6 Å². The summed E-state index contributed by atoms with van der Waals surface area (Å²) in [5.41, 5.74) is 7.12. The second-order valence-electron chi connectivity index (χ2n) is 4.43. The fraction of sp³-hybridized carbons (Fsp3) is 0.727. The molecule has 1 heterocycles. The number of nitrogens with zero attached hydrogens (tertiary/aromatic N) is 2. The molecule has 0 saturated carbocycles. The van der Waals surface area contributed by atoms with Crippen molar-refractivity contribution in [3.63, 3.8) is 0 Å². The van der Waals surface area contributed by atoms with Crippen molar-refractivity contribution in [2.24, 2.45) is 5.73 Å². The highest BCUT2D eigenvalue weighted by atomic mass is 32.1. The lowest BCUT2D eigenvalue weighted by Crippen LogP contribution is -2.32. The van der Waals surface area contributed by atoms with Gasteiger partial charge in [-0.1, -0.05) is 0 Å². The molecule has 2 N–H and O–H groups in total. The van der Waals surface area contributed by atoms with Crippen LogP contribution in [-0.4, -0.2) is 24.6 Å². The minimum Gasteiger partial charge on any atom is -0.350 e. The lowest BCUT2D eigenvalue weighted by molar-refractivity contribution is 0.679. The number of hydrogen-bond acceptors (Lipinski definition) is 4. The summed E-state index contributed by atoms with van der Waals surface area (Å²) in [5, 5.41) is 1.14. The molecule has 1 aliphatic carbocycles. The van der Waals surface area contributed by atoms with Gasteiger partial charge in [0.25, 0.3) is 0 Å². The molecule has 1 atom stereocenters. The predicted octanol–water partition coefficient (Wildman–Crippen LogP) is 1.81. The summed E-state index contributed by atoms with van der Waals surface area (Å²) in [5.74, 6) is 0. The molecule has 1 aromatic heterocycles. The standard InChI is InChI=1S/C11H19N3S/c1-8(12)7-14(2)11-13-9-5-3-4-6-10(9)15-11/h8H,3-7,12H2,1-2H3.